The number of para-hydroxylation sites is 1. The minimum absolute atomic E-state index is 0.450. The molecule has 0 saturated carbocycles. The first kappa shape index (κ1) is 16.4. The molecule has 2 aromatic carbocycles. The standard InChI is InChI=1S/C19H18N6/c1-12-5-4-6-13(2)17(12)24-19-22-14(3)21-18(25-19)23-16-9-7-15(11-20)8-10-16/h4-10H,1-3H3,(H2,21,22,23,24,25). The van der Waals surface area contributed by atoms with E-state index in [-0.39, 0.29) is 0 Å². The van der Waals surface area contributed by atoms with Gasteiger partial charge in [-0.15, -0.1) is 0 Å². The third-order valence-electron chi connectivity index (χ3n) is 3.74. The van der Waals surface area contributed by atoms with E-state index < -0.39 is 0 Å². The molecule has 0 amide bonds. The number of hydrogen-bond donors (Lipinski definition) is 2. The highest BCUT2D eigenvalue weighted by atomic mass is 15.2. The molecular weight excluding hydrogens is 312 g/mol. The molecular formula is C19H18N6. The third-order valence-corrected chi connectivity index (χ3v) is 3.74. The van der Waals surface area contributed by atoms with Gasteiger partial charge in [-0.05, 0) is 56.2 Å². The highest BCUT2D eigenvalue weighted by Gasteiger charge is 2.08. The lowest BCUT2D eigenvalue weighted by atomic mass is 10.1. The molecule has 0 unspecified atom stereocenters. The smallest absolute Gasteiger partial charge is 0.232 e. The van der Waals surface area contributed by atoms with Crippen LogP contribution in [0.4, 0.5) is 23.3 Å². The summed E-state index contributed by atoms with van der Waals surface area (Å²) in [6.07, 6.45) is 0. The van der Waals surface area contributed by atoms with Crippen LogP contribution in [0, 0.1) is 32.1 Å². The molecule has 0 aliphatic rings. The molecule has 25 heavy (non-hydrogen) atoms. The molecule has 0 atom stereocenters. The first-order valence-electron chi connectivity index (χ1n) is 7.88. The number of nitrogens with zero attached hydrogens (tertiary/aromatic N) is 4. The molecule has 1 heterocycles. The van der Waals surface area contributed by atoms with E-state index in [1.165, 1.54) is 0 Å². The van der Waals surface area contributed by atoms with Gasteiger partial charge in [0.15, 0.2) is 0 Å². The number of rotatable bonds is 4. The quantitative estimate of drug-likeness (QED) is 0.747. The Kier molecular flexibility index (Phi) is 4.57. The van der Waals surface area contributed by atoms with Crippen molar-refractivity contribution in [2.45, 2.75) is 20.8 Å². The maximum atomic E-state index is 8.86. The lowest BCUT2D eigenvalue weighted by molar-refractivity contribution is 0.988. The van der Waals surface area contributed by atoms with Crippen LogP contribution in [0.5, 0.6) is 0 Å². The summed E-state index contributed by atoms with van der Waals surface area (Å²) in [6.45, 7) is 5.90. The van der Waals surface area contributed by atoms with Gasteiger partial charge in [-0.2, -0.15) is 20.2 Å². The third kappa shape index (κ3) is 3.90. The van der Waals surface area contributed by atoms with Crippen molar-refractivity contribution >= 4 is 23.3 Å². The van der Waals surface area contributed by atoms with E-state index in [0.29, 0.717) is 23.3 Å². The van der Waals surface area contributed by atoms with Gasteiger partial charge in [-0.3, -0.25) is 0 Å². The Bertz CT molecular complexity index is 921. The molecule has 6 nitrogen and oxygen atoms in total. The topological polar surface area (TPSA) is 86.5 Å². The second-order valence-electron chi connectivity index (χ2n) is 5.74. The normalized spacial score (nSPS) is 10.2. The van der Waals surface area contributed by atoms with Crippen LogP contribution in [-0.4, -0.2) is 15.0 Å². The molecule has 1 aromatic heterocycles. The average molecular weight is 330 g/mol. The molecule has 0 radical (unpaired) electrons. The van der Waals surface area contributed by atoms with E-state index in [0.717, 1.165) is 22.5 Å². The summed E-state index contributed by atoms with van der Waals surface area (Å²) in [5.41, 5.74) is 4.66. The van der Waals surface area contributed by atoms with Gasteiger partial charge < -0.3 is 10.6 Å². The number of nitrogens with one attached hydrogen (secondary N) is 2. The zero-order valence-corrected chi connectivity index (χ0v) is 14.3. The van der Waals surface area contributed by atoms with Gasteiger partial charge in [0, 0.05) is 11.4 Å². The van der Waals surface area contributed by atoms with Gasteiger partial charge in [0.05, 0.1) is 11.6 Å². The van der Waals surface area contributed by atoms with E-state index in [1.807, 2.05) is 51.1 Å². The predicted molar refractivity (Wildman–Crippen MR) is 98.2 cm³/mol. The number of hydrogen-bond acceptors (Lipinski definition) is 6. The van der Waals surface area contributed by atoms with Gasteiger partial charge in [0.1, 0.15) is 5.82 Å². The first-order chi connectivity index (χ1) is 12.0. The Morgan fingerprint density at radius 1 is 0.800 bits per heavy atom. The Hall–Kier alpha value is -3.46. The maximum absolute atomic E-state index is 8.86. The monoisotopic (exact) mass is 330 g/mol. The summed E-state index contributed by atoms with van der Waals surface area (Å²) in [5.74, 6) is 1.55. The van der Waals surface area contributed by atoms with Crippen LogP contribution in [-0.2, 0) is 0 Å². The second-order valence-corrected chi connectivity index (χ2v) is 5.74. The lowest BCUT2D eigenvalue weighted by Crippen LogP contribution is -2.06. The number of aryl methyl sites for hydroxylation is 3. The predicted octanol–water partition coefficient (Wildman–Crippen LogP) is 4.16. The number of nitriles is 1. The number of aromatic nitrogens is 3. The maximum Gasteiger partial charge on any atom is 0.232 e. The number of benzene rings is 2. The van der Waals surface area contributed by atoms with Crippen LogP contribution in [0.15, 0.2) is 42.5 Å². The minimum Gasteiger partial charge on any atom is -0.324 e. The first-order valence-corrected chi connectivity index (χ1v) is 7.88. The molecule has 0 fully saturated rings. The summed E-state index contributed by atoms with van der Waals surface area (Å²) >= 11 is 0. The molecule has 0 aliphatic carbocycles. The fraction of sp³-hybridized carbons (Fsp3) is 0.158. The molecule has 124 valence electrons. The summed E-state index contributed by atoms with van der Waals surface area (Å²) in [4.78, 5) is 13.1. The zero-order chi connectivity index (χ0) is 17.8. The van der Waals surface area contributed by atoms with Crippen LogP contribution in [0.3, 0.4) is 0 Å². The van der Waals surface area contributed by atoms with Crippen LogP contribution in [0.1, 0.15) is 22.5 Å². The van der Waals surface area contributed by atoms with Gasteiger partial charge in [-0.25, -0.2) is 0 Å². The van der Waals surface area contributed by atoms with Crippen LogP contribution >= 0.6 is 0 Å². The van der Waals surface area contributed by atoms with E-state index in [9.17, 15) is 0 Å². The highest BCUT2D eigenvalue weighted by molar-refractivity contribution is 5.64. The Balaban J connectivity index is 1.86. The SMILES string of the molecule is Cc1nc(Nc2ccc(C#N)cc2)nc(Nc2c(C)cccc2C)n1. The largest absolute Gasteiger partial charge is 0.324 e. The molecule has 3 aromatic rings. The molecule has 0 spiro atoms. The van der Waals surface area contributed by atoms with E-state index in [1.54, 1.807) is 12.1 Å². The Labute approximate surface area is 146 Å². The van der Waals surface area contributed by atoms with E-state index >= 15 is 0 Å². The summed E-state index contributed by atoms with van der Waals surface area (Å²) in [5, 5.41) is 15.3. The van der Waals surface area contributed by atoms with Crippen molar-refractivity contribution in [3.05, 3.63) is 65.0 Å². The van der Waals surface area contributed by atoms with Crippen molar-refractivity contribution in [3.63, 3.8) is 0 Å². The molecule has 0 aliphatic heterocycles. The minimum atomic E-state index is 0.450. The number of anilines is 4. The van der Waals surface area contributed by atoms with Crippen molar-refractivity contribution in [2.75, 3.05) is 10.6 Å². The molecule has 6 heteroatoms. The molecule has 3 rings (SSSR count). The van der Waals surface area contributed by atoms with Gasteiger partial charge in [0.2, 0.25) is 11.9 Å². The fourth-order valence-corrected chi connectivity index (χ4v) is 2.47. The van der Waals surface area contributed by atoms with Crippen molar-refractivity contribution in [1.82, 2.24) is 15.0 Å². The van der Waals surface area contributed by atoms with E-state index in [4.69, 9.17) is 5.26 Å². The van der Waals surface area contributed by atoms with Crippen molar-refractivity contribution in [3.8, 4) is 6.07 Å². The Morgan fingerprint density at radius 2 is 1.40 bits per heavy atom. The summed E-state index contributed by atoms with van der Waals surface area (Å²) in [7, 11) is 0. The van der Waals surface area contributed by atoms with Crippen LogP contribution in [0.2, 0.25) is 0 Å². The van der Waals surface area contributed by atoms with Crippen LogP contribution in [0.25, 0.3) is 0 Å². The van der Waals surface area contributed by atoms with Crippen molar-refractivity contribution in [2.24, 2.45) is 0 Å². The van der Waals surface area contributed by atoms with Gasteiger partial charge in [-0.1, -0.05) is 18.2 Å². The fourth-order valence-electron chi connectivity index (χ4n) is 2.47. The second kappa shape index (κ2) is 6.97. The summed E-state index contributed by atoms with van der Waals surface area (Å²) < 4.78 is 0. The lowest BCUT2D eigenvalue weighted by Gasteiger charge is -2.12. The molecule has 2 N–H and O–H groups in total. The van der Waals surface area contributed by atoms with E-state index in [2.05, 4.69) is 31.7 Å². The summed E-state index contributed by atoms with van der Waals surface area (Å²) in [6, 6.07) is 15.3. The molecule has 0 bridgehead atoms. The molecule has 0 saturated heterocycles. The Morgan fingerprint density at radius 3 is 2.00 bits per heavy atom. The van der Waals surface area contributed by atoms with Gasteiger partial charge in [0.25, 0.3) is 0 Å². The van der Waals surface area contributed by atoms with Gasteiger partial charge >= 0.3 is 0 Å². The highest BCUT2D eigenvalue weighted by Crippen LogP contribution is 2.23. The van der Waals surface area contributed by atoms with Crippen molar-refractivity contribution < 1.29 is 0 Å². The van der Waals surface area contributed by atoms with Crippen LogP contribution < -0.4 is 10.6 Å². The zero-order valence-electron chi connectivity index (χ0n) is 14.3. The average Bonchev–Trinajstić information content (AvgIpc) is 2.58. The van der Waals surface area contributed by atoms with Crippen molar-refractivity contribution in [1.29, 1.82) is 5.26 Å².